The quantitative estimate of drug-likeness (QED) is 0.478. The largest absolute Gasteiger partial charge is 0.345 e. The number of rotatable bonds is 4. The lowest BCUT2D eigenvalue weighted by Crippen LogP contribution is -2.49. The molecular formula is C19H17ClN4O3S. The topological polar surface area (TPSA) is 79.6 Å². The zero-order chi connectivity index (χ0) is 19.7. The van der Waals surface area contributed by atoms with Crippen molar-refractivity contribution in [1.82, 2.24) is 9.88 Å². The zero-order valence-electron chi connectivity index (χ0n) is 14.9. The van der Waals surface area contributed by atoms with Gasteiger partial charge in [-0.2, -0.15) is 0 Å². The van der Waals surface area contributed by atoms with Gasteiger partial charge in [-0.1, -0.05) is 41.1 Å². The average molecular weight is 417 g/mol. The fourth-order valence-electron chi connectivity index (χ4n) is 3.21. The van der Waals surface area contributed by atoms with E-state index in [2.05, 4.69) is 9.88 Å². The summed E-state index contributed by atoms with van der Waals surface area (Å²) in [5.41, 5.74) is 1.66. The van der Waals surface area contributed by atoms with Crippen molar-refractivity contribution in [2.75, 3.05) is 31.1 Å². The van der Waals surface area contributed by atoms with E-state index in [9.17, 15) is 14.9 Å². The molecule has 3 aromatic rings. The highest BCUT2D eigenvalue weighted by Crippen LogP contribution is 2.32. The molecule has 9 heteroatoms. The number of nitro groups is 1. The summed E-state index contributed by atoms with van der Waals surface area (Å²) in [4.78, 5) is 31.7. The third-order valence-electron chi connectivity index (χ3n) is 4.77. The lowest BCUT2D eigenvalue weighted by atomic mass is 10.1. The van der Waals surface area contributed by atoms with E-state index in [0.717, 1.165) is 20.9 Å². The van der Waals surface area contributed by atoms with Crippen LogP contribution in [0.15, 0.2) is 42.5 Å². The molecule has 0 unspecified atom stereocenters. The van der Waals surface area contributed by atoms with Gasteiger partial charge in [-0.15, -0.1) is 0 Å². The molecule has 1 aromatic heterocycles. The lowest BCUT2D eigenvalue weighted by Gasteiger charge is -2.34. The molecule has 1 fully saturated rings. The van der Waals surface area contributed by atoms with Gasteiger partial charge in [0, 0.05) is 43.3 Å². The minimum absolute atomic E-state index is 0.0627. The lowest BCUT2D eigenvalue weighted by molar-refractivity contribution is -0.384. The highest BCUT2D eigenvalue weighted by Gasteiger charge is 2.24. The van der Waals surface area contributed by atoms with Crippen LogP contribution < -0.4 is 4.90 Å². The van der Waals surface area contributed by atoms with Crippen molar-refractivity contribution in [2.24, 2.45) is 0 Å². The number of piperazine rings is 1. The van der Waals surface area contributed by atoms with Gasteiger partial charge in [-0.05, 0) is 17.7 Å². The Hall–Kier alpha value is -2.71. The molecule has 1 amide bonds. The molecule has 1 saturated heterocycles. The molecule has 7 nitrogen and oxygen atoms in total. The average Bonchev–Trinajstić information content (AvgIpc) is 3.13. The van der Waals surface area contributed by atoms with Crippen molar-refractivity contribution >= 4 is 49.9 Å². The fourth-order valence-corrected chi connectivity index (χ4v) is 4.47. The first-order valence-electron chi connectivity index (χ1n) is 8.82. The van der Waals surface area contributed by atoms with E-state index < -0.39 is 4.92 Å². The van der Waals surface area contributed by atoms with Crippen LogP contribution in [-0.2, 0) is 11.2 Å². The normalized spacial score (nSPS) is 14.5. The molecule has 1 aliphatic heterocycles. The molecule has 28 heavy (non-hydrogen) atoms. The van der Waals surface area contributed by atoms with Crippen LogP contribution in [0.1, 0.15) is 5.56 Å². The van der Waals surface area contributed by atoms with Crippen LogP contribution in [0.2, 0.25) is 5.02 Å². The second kappa shape index (κ2) is 7.73. The van der Waals surface area contributed by atoms with E-state index in [-0.39, 0.29) is 11.6 Å². The van der Waals surface area contributed by atoms with Gasteiger partial charge < -0.3 is 9.80 Å². The minimum atomic E-state index is -0.401. The van der Waals surface area contributed by atoms with Gasteiger partial charge in [0.2, 0.25) is 5.91 Å². The molecule has 0 spiro atoms. The van der Waals surface area contributed by atoms with Crippen molar-refractivity contribution in [1.29, 1.82) is 0 Å². The van der Waals surface area contributed by atoms with Crippen LogP contribution in [0.5, 0.6) is 0 Å². The monoisotopic (exact) mass is 416 g/mol. The number of fused-ring (bicyclic) bond motifs is 1. The number of carbonyl (C=O) groups excluding carboxylic acids is 1. The second-order valence-electron chi connectivity index (χ2n) is 6.54. The predicted molar refractivity (Wildman–Crippen MR) is 110 cm³/mol. The maximum absolute atomic E-state index is 12.6. The van der Waals surface area contributed by atoms with Gasteiger partial charge in [0.05, 0.1) is 21.6 Å². The third kappa shape index (κ3) is 3.79. The Morgan fingerprint density at radius 2 is 1.93 bits per heavy atom. The van der Waals surface area contributed by atoms with E-state index in [4.69, 9.17) is 11.6 Å². The summed E-state index contributed by atoms with van der Waals surface area (Å²) in [6.07, 6.45) is 0.296. The molecule has 2 aromatic carbocycles. The highest BCUT2D eigenvalue weighted by molar-refractivity contribution is 7.22. The molecule has 0 atom stereocenters. The van der Waals surface area contributed by atoms with Crippen molar-refractivity contribution in [3.63, 3.8) is 0 Å². The molecule has 0 aliphatic carbocycles. The summed E-state index contributed by atoms with van der Waals surface area (Å²) in [5, 5.41) is 12.4. The van der Waals surface area contributed by atoms with Crippen LogP contribution in [0.3, 0.4) is 0 Å². The van der Waals surface area contributed by atoms with E-state index in [1.165, 1.54) is 17.4 Å². The maximum Gasteiger partial charge on any atom is 0.270 e. The summed E-state index contributed by atoms with van der Waals surface area (Å²) in [5.74, 6) is 0.0627. The number of hydrogen-bond acceptors (Lipinski definition) is 6. The number of aromatic nitrogens is 1. The Morgan fingerprint density at radius 3 is 2.64 bits per heavy atom. The number of benzene rings is 2. The van der Waals surface area contributed by atoms with E-state index in [1.54, 1.807) is 18.2 Å². The summed E-state index contributed by atoms with van der Waals surface area (Å²) in [6, 6.07) is 12.1. The smallest absolute Gasteiger partial charge is 0.270 e. The Kier molecular flexibility index (Phi) is 5.15. The van der Waals surface area contributed by atoms with E-state index in [1.807, 2.05) is 23.1 Å². The number of hydrogen-bond donors (Lipinski definition) is 0. The first-order chi connectivity index (χ1) is 13.5. The first-order valence-corrected chi connectivity index (χ1v) is 10.0. The number of anilines is 1. The van der Waals surface area contributed by atoms with Gasteiger partial charge in [0.25, 0.3) is 5.69 Å². The molecule has 144 valence electrons. The number of nitro benzene ring substituents is 1. The van der Waals surface area contributed by atoms with E-state index >= 15 is 0 Å². The SMILES string of the molecule is O=C(Cc1ccccc1Cl)N1CCN(c2nc3ccc([N+](=O)[O-])cc3s2)CC1. The number of amides is 1. The molecule has 0 radical (unpaired) electrons. The third-order valence-corrected chi connectivity index (χ3v) is 6.22. The van der Waals surface area contributed by atoms with Crippen LogP contribution >= 0.6 is 22.9 Å². The molecule has 0 bridgehead atoms. The Labute approximate surface area is 170 Å². The number of non-ortho nitro benzene ring substituents is 1. The van der Waals surface area contributed by atoms with Gasteiger partial charge in [-0.3, -0.25) is 14.9 Å². The fraction of sp³-hybridized carbons (Fsp3) is 0.263. The molecule has 4 rings (SSSR count). The van der Waals surface area contributed by atoms with Crippen molar-refractivity contribution < 1.29 is 9.72 Å². The van der Waals surface area contributed by atoms with Crippen LogP contribution in [-0.4, -0.2) is 46.9 Å². The van der Waals surface area contributed by atoms with Gasteiger partial charge in [0.15, 0.2) is 5.13 Å². The number of halogens is 1. The minimum Gasteiger partial charge on any atom is -0.345 e. The van der Waals surface area contributed by atoms with E-state index in [0.29, 0.717) is 37.6 Å². The summed E-state index contributed by atoms with van der Waals surface area (Å²) in [6.45, 7) is 2.57. The van der Waals surface area contributed by atoms with Crippen molar-refractivity contribution in [3.8, 4) is 0 Å². The number of thiazole rings is 1. The van der Waals surface area contributed by atoms with Crippen LogP contribution in [0.25, 0.3) is 10.2 Å². The van der Waals surface area contributed by atoms with Crippen LogP contribution in [0.4, 0.5) is 10.8 Å². The Bertz CT molecular complexity index is 1050. The summed E-state index contributed by atoms with van der Waals surface area (Å²) >= 11 is 7.59. The second-order valence-corrected chi connectivity index (χ2v) is 7.96. The molecule has 2 heterocycles. The number of carbonyl (C=O) groups is 1. The van der Waals surface area contributed by atoms with Gasteiger partial charge >= 0.3 is 0 Å². The molecular weight excluding hydrogens is 400 g/mol. The number of nitrogens with zero attached hydrogens (tertiary/aromatic N) is 4. The Morgan fingerprint density at radius 1 is 1.18 bits per heavy atom. The standard InChI is InChI=1S/C19H17ClN4O3S/c20-15-4-2-1-3-13(15)11-18(25)22-7-9-23(10-8-22)19-21-16-6-5-14(24(26)27)12-17(16)28-19/h1-6,12H,7-11H2. The summed E-state index contributed by atoms with van der Waals surface area (Å²) < 4.78 is 0.793. The first kappa shape index (κ1) is 18.6. The molecule has 1 aliphatic rings. The zero-order valence-corrected chi connectivity index (χ0v) is 16.4. The van der Waals surface area contributed by atoms with Crippen molar-refractivity contribution in [2.45, 2.75) is 6.42 Å². The van der Waals surface area contributed by atoms with Crippen molar-refractivity contribution in [3.05, 3.63) is 63.2 Å². The molecule has 0 saturated carbocycles. The van der Waals surface area contributed by atoms with Crippen LogP contribution in [0, 0.1) is 10.1 Å². The van der Waals surface area contributed by atoms with Gasteiger partial charge in [0.1, 0.15) is 0 Å². The summed E-state index contributed by atoms with van der Waals surface area (Å²) in [7, 11) is 0. The maximum atomic E-state index is 12.6. The molecule has 0 N–H and O–H groups in total. The Balaban J connectivity index is 1.41. The highest BCUT2D eigenvalue weighted by atomic mass is 35.5. The predicted octanol–water partition coefficient (Wildman–Crippen LogP) is 3.75. The van der Waals surface area contributed by atoms with Gasteiger partial charge in [-0.25, -0.2) is 4.98 Å².